The zero-order chi connectivity index (χ0) is 28.1. The van der Waals surface area contributed by atoms with Gasteiger partial charge in [0, 0.05) is 17.5 Å². The molecule has 0 saturated heterocycles. The average molecular weight is 567 g/mol. The van der Waals surface area contributed by atoms with E-state index in [1.807, 2.05) is 4.72 Å². The van der Waals surface area contributed by atoms with E-state index in [0.717, 1.165) is 17.7 Å². The first-order valence-corrected chi connectivity index (χ1v) is 13.2. The molecular formula is C26H19ClN4O7S. The molecule has 0 bridgehead atoms. The average Bonchev–Trinajstić information content (AvgIpc) is 3.19. The minimum absolute atomic E-state index is 0.166. The standard InChI is InChI=1S/C26H19ClN4O7S/c1-30-19-12-11-14(27)13-17(19)21(31-24(33)15-7-3-5-9-18(15)28-26(31)35)22(30)23(32)29-39(36,37)20-10-6-4-8-16(20)25(34)38-2/h3-13H,1-2H3,(H,28,35)(H,29,32). The van der Waals surface area contributed by atoms with Crippen molar-refractivity contribution in [2.75, 3.05) is 7.11 Å². The number of carbonyl (C=O) groups is 2. The van der Waals surface area contributed by atoms with Gasteiger partial charge in [0.2, 0.25) is 0 Å². The highest BCUT2D eigenvalue weighted by Crippen LogP contribution is 2.30. The molecule has 0 radical (unpaired) electrons. The number of esters is 1. The van der Waals surface area contributed by atoms with Crippen LogP contribution in [-0.4, -0.2) is 41.5 Å². The second kappa shape index (κ2) is 9.57. The van der Waals surface area contributed by atoms with E-state index in [4.69, 9.17) is 11.6 Å². The molecule has 39 heavy (non-hydrogen) atoms. The van der Waals surface area contributed by atoms with E-state index in [0.29, 0.717) is 5.52 Å². The summed E-state index contributed by atoms with van der Waals surface area (Å²) in [5.74, 6) is -2.07. The zero-order valence-electron chi connectivity index (χ0n) is 20.4. The fourth-order valence-electron chi connectivity index (χ4n) is 4.45. The maximum atomic E-state index is 13.7. The smallest absolute Gasteiger partial charge is 0.339 e. The maximum Gasteiger partial charge on any atom is 0.339 e. The predicted octanol–water partition coefficient (Wildman–Crippen LogP) is 2.73. The Hall–Kier alpha value is -4.68. The van der Waals surface area contributed by atoms with Crippen LogP contribution in [-0.2, 0) is 21.8 Å². The van der Waals surface area contributed by atoms with E-state index in [1.54, 1.807) is 30.3 Å². The fourth-order valence-corrected chi connectivity index (χ4v) is 5.78. The molecule has 0 spiro atoms. The molecule has 0 aliphatic heterocycles. The third-order valence-electron chi connectivity index (χ3n) is 6.19. The van der Waals surface area contributed by atoms with Crippen molar-refractivity contribution in [2.24, 2.45) is 7.05 Å². The van der Waals surface area contributed by atoms with E-state index in [9.17, 15) is 27.6 Å². The second-order valence-electron chi connectivity index (χ2n) is 8.46. The Labute approximate surface area is 225 Å². The monoisotopic (exact) mass is 566 g/mol. The Bertz CT molecular complexity index is 2060. The van der Waals surface area contributed by atoms with Gasteiger partial charge in [-0.2, -0.15) is 0 Å². The van der Waals surface area contributed by atoms with Gasteiger partial charge in [-0.05, 0) is 42.5 Å². The van der Waals surface area contributed by atoms with Crippen molar-refractivity contribution in [3.63, 3.8) is 0 Å². The van der Waals surface area contributed by atoms with Crippen molar-refractivity contribution < 1.29 is 22.7 Å². The van der Waals surface area contributed by atoms with Gasteiger partial charge < -0.3 is 14.3 Å². The number of amides is 1. The molecule has 0 unspecified atom stereocenters. The molecule has 13 heteroatoms. The molecule has 1 amide bonds. The number of hydrogen-bond donors (Lipinski definition) is 2. The lowest BCUT2D eigenvalue weighted by atomic mass is 10.2. The Balaban J connectivity index is 1.76. The molecule has 198 valence electrons. The first-order valence-electron chi connectivity index (χ1n) is 11.3. The topological polar surface area (TPSA) is 149 Å². The van der Waals surface area contributed by atoms with Crippen LogP contribution in [0, 0.1) is 0 Å². The number of benzene rings is 3. The van der Waals surface area contributed by atoms with Crippen LogP contribution < -0.4 is 16.0 Å². The number of sulfonamides is 1. The van der Waals surface area contributed by atoms with Crippen molar-refractivity contribution in [3.8, 4) is 5.69 Å². The highest BCUT2D eigenvalue weighted by atomic mass is 35.5. The van der Waals surface area contributed by atoms with Crippen LogP contribution in [0.25, 0.3) is 27.5 Å². The molecule has 0 atom stereocenters. The second-order valence-corrected chi connectivity index (χ2v) is 10.5. The zero-order valence-corrected chi connectivity index (χ0v) is 22.0. The first kappa shape index (κ1) is 25.9. The largest absolute Gasteiger partial charge is 0.465 e. The molecule has 2 aromatic heterocycles. The van der Waals surface area contributed by atoms with Crippen molar-refractivity contribution in [1.82, 2.24) is 18.8 Å². The minimum atomic E-state index is -4.62. The van der Waals surface area contributed by atoms with Crippen LogP contribution in [0.1, 0.15) is 20.8 Å². The number of H-pyrrole nitrogens is 1. The highest BCUT2D eigenvalue weighted by molar-refractivity contribution is 7.90. The predicted molar refractivity (Wildman–Crippen MR) is 144 cm³/mol. The summed E-state index contributed by atoms with van der Waals surface area (Å²) < 4.78 is 35.3. The molecular weight excluding hydrogens is 548 g/mol. The number of aryl methyl sites for hydroxylation is 1. The fraction of sp³-hybridized carbons (Fsp3) is 0.0769. The van der Waals surface area contributed by atoms with Crippen LogP contribution in [0.15, 0.2) is 81.2 Å². The van der Waals surface area contributed by atoms with E-state index in [1.165, 1.54) is 41.9 Å². The van der Waals surface area contributed by atoms with E-state index in [-0.39, 0.29) is 38.3 Å². The lowest BCUT2D eigenvalue weighted by Gasteiger charge is -2.13. The summed E-state index contributed by atoms with van der Waals surface area (Å²) in [5, 5.41) is 0.679. The molecule has 5 aromatic rings. The molecule has 3 aromatic carbocycles. The molecule has 0 fully saturated rings. The van der Waals surface area contributed by atoms with Crippen LogP contribution in [0.3, 0.4) is 0 Å². The Kier molecular flexibility index (Phi) is 6.36. The number of aromatic nitrogens is 3. The third kappa shape index (κ3) is 4.29. The van der Waals surface area contributed by atoms with Crippen LogP contribution >= 0.6 is 11.6 Å². The van der Waals surface area contributed by atoms with Gasteiger partial charge in [-0.15, -0.1) is 0 Å². The maximum absolute atomic E-state index is 13.7. The van der Waals surface area contributed by atoms with Crippen LogP contribution in [0.5, 0.6) is 0 Å². The minimum Gasteiger partial charge on any atom is -0.465 e. The van der Waals surface area contributed by atoms with E-state index < -0.39 is 38.0 Å². The summed E-state index contributed by atoms with van der Waals surface area (Å²) in [6.45, 7) is 0. The van der Waals surface area contributed by atoms with Crippen LogP contribution in [0.4, 0.5) is 0 Å². The molecule has 0 saturated carbocycles. The Morgan fingerprint density at radius 2 is 1.67 bits per heavy atom. The lowest BCUT2D eigenvalue weighted by molar-refractivity contribution is 0.0596. The van der Waals surface area contributed by atoms with Crippen LogP contribution in [0.2, 0.25) is 5.02 Å². The summed E-state index contributed by atoms with van der Waals surface area (Å²) in [7, 11) is -2.05. The number of methoxy groups -OCH3 is 1. The van der Waals surface area contributed by atoms with Gasteiger partial charge in [-0.25, -0.2) is 27.3 Å². The number of carbonyl (C=O) groups excluding carboxylic acids is 2. The van der Waals surface area contributed by atoms with Gasteiger partial charge in [0.15, 0.2) is 0 Å². The Morgan fingerprint density at radius 1 is 0.974 bits per heavy atom. The number of aromatic amines is 1. The van der Waals surface area contributed by atoms with Gasteiger partial charge in [0.1, 0.15) is 10.6 Å². The van der Waals surface area contributed by atoms with Gasteiger partial charge in [0.25, 0.3) is 21.5 Å². The number of ether oxygens (including phenoxy) is 1. The van der Waals surface area contributed by atoms with Gasteiger partial charge in [-0.1, -0.05) is 35.9 Å². The third-order valence-corrected chi connectivity index (χ3v) is 7.81. The normalized spacial score (nSPS) is 11.6. The SMILES string of the molecule is COC(=O)c1ccccc1S(=O)(=O)NC(=O)c1c(-n2c(=O)[nH]c3ccccc3c2=O)c2cc(Cl)ccc2n1C. The van der Waals surface area contributed by atoms with E-state index in [2.05, 4.69) is 9.72 Å². The quantitative estimate of drug-likeness (QED) is 0.311. The molecule has 2 heterocycles. The Morgan fingerprint density at radius 3 is 2.41 bits per heavy atom. The summed E-state index contributed by atoms with van der Waals surface area (Å²) >= 11 is 6.22. The number of nitrogens with one attached hydrogen (secondary N) is 2. The van der Waals surface area contributed by atoms with Gasteiger partial charge >= 0.3 is 11.7 Å². The summed E-state index contributed by atoms with van der Waals surface area (Å²) in [5.41, 5.74) is -1.66. The molecule has 0 aliphatic carbocycles. The number of fused-ring (bicyclic) bond motifs is 2. The summed E-state index contributed by atoms with van der Waals surface area (Å²) in [4.78, 5) is 54.7. The van der Waals surface area contributed by atoms with Crippen molar-refractivity contribution in [1.29, 1.82) is 0 Å². The molecule has 11 nitrogen and oxygen atoms in total. The summed E-state index contributed by atoms with van der Waals surface area (Å²) in [6, 6.07) is 16.1. The molecule has 0 aliphatic rings. The van der Waals surface area contributed by atoms with Crippen molar-refractivity contribution in [2.45, 2.75) is 4.90 Å². The number of rotatable bonds is 5. The van der Waals surface area contributed by atoms with Crippen molar-refractivity contribution >= 4 is 55.3 Å². The molecule has 5 rings (SSSR count). The van der Waals surface area contributed by atoms with Gasteiger partial charge in [0.05, 0.1) is 34.8 Å². The number of para-hydroxylation sites is 1. The van der Waals surface area contributed by atoms with E-state index >= 15 is 0 Å². The number of hydrogen-bond acceptors (Lipinski definition) is 7. The number of nitrogens with zero attached hydrogens (tertiary/aromatic N) is 2. The van der Waals surface area contributed by atoms with Crippen molar-refractivity contribution in [3.05, 3.63) is 104 Å². The lowest BCUT2D eigenvalue weighted by Crippen LogP contribution is -2.37. The summed E-state index contributed by atoms with van der Waals surface area (Å²) in [6.07, 6.45) is 0. The first-order chi connectivity index (χ1) is 18.5. The van der Waals surface area contributed by atoms with Gasteiger partial charge in [-0.3, -0.25) is 9.59 Å². The number of halogens is 1. The molecule has 2 N–H and O–H groups in total. The highest BCUT2D eigenvalue weighted by Gasteiger charge is 2.30.